The molecule has 0 aliphatic heterocycles. The SMILES string of the molecule is C\C=C/C=C\C(=C/C)CN. The van der Waals surface area contributed by atoms with Gasteiger partial charge < -0.3 is 5.73 Å². The predicted molar refractivity (Wildman–Crippen MR) is 46.8 cm³/mol. The van der Waals surface area contributed by atoms with Crippen LogP contribution >= 0.6 is 0 Å². The maximum Gasteiger partial charge on any atom is 0.0174 e. The number of hydrogen-bond acceptors (Lipinski definition) is 1. The van der Waals surface area contributed by atoms with E-state index in [0.717, 1.165) is 5.57 Å². The molecule has 0 aliphatic rings. The van der Waals surface area contributed by atoms with E-state index in [2.05, 4.69) is 0 Å². The summed E-state index contributed by atoms with van der Waals surface area (Å²) < 4.78 is 0. The van der Waals surface area contributed by atoms with Crippen molar-refractivity contribution in [1.82, 2.24) is 0 Å². The summed E-state index contributed by atoms with van der Waals surface area (Å²) in [5.41, 5.74) is 6.59. The molecular weight excluding hydrogens is 122 g/mol. The van der Waals surface area contributed by atoms with Crippen molar-refractivity contribution in [2.24, 2.45) is 5.73 Å². The van der Waals surface area contributed by atoms with Crippen LogP contribution in [0.1, 0.15) is 13.8 Å². The molecule has 0 fully saturated rings. The van der Waals surface area contributed by atoms with Crippen molar-refractivity contribution in [3.05, 3.63) is 36.0 Å². The predicted octanol–water partition coefficient (Wildman–Crippen LogP) is 2.02. The van der Waals surface area contributed by atoms with Crippen molar-refractivity contribution < 1.29 is 0 Å². The van der Waals surface area contributed by atoms with Gasteiger partial charge in [-0.1, -0.05) is 30.4 Å². The highest BCUT2D eigenvalue weighted by Crippen LogP contribution is 1.92. The van der Waals surface area contributed by atoms with Crippen LogP contribution in [0.4, 0.5) is 0 Å². The van der Waals surface area contributed by atoms with Crippen LogP contribution in [-0.4, -0.2) is 6.54 Å². The van der Waals surface area contributed by atoms with Crippen molar-refractivity contribution in [3.63, 3.8) is 0 Å². The lowest BCUT2D eigenvalue weighted by Gasteiger charge is -1.91. The van der Waals surface area contributed by atoms with Crippen LogP contribution in [0.3, 0.4) is 0 Å². The van der Waals surface area contributed by atoms with Gasteiger partial charge in [-0.05, 0) is 19.4 Å². The molecule has 0 heterocycles. The highest BCUT2D eigenvalue weighted by atomic mass is 14.5. The summed E-state index contributed by atoms with van der Waals surface area (Å²) >= 11 is 0. The van der Waals surface area contributed by atoms with Crippen LogP contribution in [0.15, 0.2) is 36.0 Å². The first-order chi connectivity index (χ1) is 4.85. The zero-order valence-electron chi connectivity index (χ0n) is 6.67. The molecule has 2 N–H and O–H groups in total. The average molecular weight is 137 g/mol. The van der Waals surface area contributed by atoms with Gasteiger partial charge in [-0.15, -0.1) is 0 Å². The third kappa shape index (κ3) is 4.10. The van der Waals surface area contributed by atoms with Gasteiger partial charge >= 0.3 is 0 Å². The van der Waals surface area contributed by atoms with Crippen LogP contribution in [0.2, 0.25) is 0 Å². The van der Waals surface area contributed by atoms with Crippen LogP contribution < -0.4 is 5.73 Å². The third-order valence-electron chi connectivity index (χ3n) is 1.22. The van der Waals surface area contributed by atoms with E-state index in [1.54, 1.807) is 0 Å². The molecule has 10 heavy (non-hydrogen) atoms. The minimum Gasteiger partial charge on any atom is -0.327 e. The lowest BCUT2D eigenvalue weighted by Crippen LogP contribution is -1.99. The molecule has 0 spiro atoms. The van der Waals surface area contributed by atoms with Gasteiger partial charge in [0.1, 0.15) is 0 Å². The summed E-state index contributed by atoms with van der Waals surface area (Å²) in [5, 5.41) is 0. The fraction of sp³-hybridized carbons (Fsp3) is 0.333. The first-order valence-electron chi connectivity index (χ1n) is 3.49. The van der Waals surface area contributed by atoms with Gasteiger partial charge in [-0.3, -0.25) is 0 Å². The zero-order chi connectivity index (χ0) is 7.82. The molecule has 0 aromatic heterocycles. The second-order valence-electron chi connectivity index (χ2n) is 1.95. The van der Waals surface area contributed by atoms with E-state index >= 15 is 0 Å². The monoisotopic (exact) mass is 137 g/mol. The quantitative estimate of drug-likeness (QED) is 0.592. The highest BCUT2D eigenvalue weighted by Gasteiger charge is 1.80. The standard InChI is InChI=1S/C9H15N/c1-3-5-6-7-9(4-2)8-10/h3-7H,8,10H2,1-2H3/b5-3-,7-6-,9-4+. The summed E-state index contributed by atoms with van der Waals surface area (Å²) in [5.74, 6) is 0. The fourth-order valence-corrected chi connectivity index (χ4v) is 0.572. The zero-order valence-corrected chi connectivity index (χ0v) is 6.67. The Hall–Kier alpha value is -0.820. The number of allylic oxidation sites excluding steroid dienone is 4. The summed E-state index contributed by atoms with van der Waals surface area (Å²) in [7, 11) is 0. The average Bonchev–Trinajstić information content (AvgIpc) is 1.99. The van der Waals surface area contributed by atoms with Gasteiger partial charge in [0.25, 0.3) is 0 Å². The van der Waals surface area contributed by atoms with Crippen LogP contribution in [0, 0.1) is 0 Å². The Labute approximate surface area is 62.9 Å². The molecule has 56 valence electrons. The maximum absolute atomic E-state index is 5.42. The number of nitrogens with two attached hydrogens (primary N) is 1. The van der Waals surface area contributed by atoms with Gasteiger partial charge in [0.15, 0.2) is 0 Å². The molecule has 0 atom stereocenters. The molecule has 0 saturated carbocycles. The van der Waals surface area contributed by atoms with E-state index < -0.39 is 0 Å². The van der Waals surface area contributed by atoms with Crippen LogP contribution in [0.5, 0.6) is 0 Å². The molecule has 0 amide bonds. The Balaban J connectivity index is 3.85. The van der Waals surface area contributed by atoms with Gasteiger partial charge in [-0.2, -0.15) is 0 Å². The van der Waals surface area contributed by atoms with Gasteiger partial charge in [0.05, 0.1) is 0 Å². The molecule has 0 radical (unpaired) electrons. The van der Waals surface area contributed by atoms with Crippen molar-refractivity contribution >= 4 is 0 Å². The first-order valence-corrected chi connectivity index (χ1v) is 3.49. The normalized spacial score (nSPS) is 13.7. The highest BCUT2D eigenvalue weighted by molar-refractivity contribution is 5.22. The van der Waals surface area contributed by atoms with Crippen molar-refractivity contribution in [2.45, 2.75) is 13.8 Å². The van der Waals surface area contributed by atoms with E-state index in [4.69, 9.17) is 5.73 Å². The Morgan fingerprint density at radius 3 is 2.40 bits per heavy atom. The molecule has 0 aliphatic carbocycles. The molecular formula is C9H15N. The molecule has 0 saturated heterocycles. The first kappa shape index (κ1) is 9.18. The largest absolute Gasteiger partial charge is 0.327 e. The second-order valence-corrected chi connectivity index (χ2v) is 1.95. The number of hydrogen-bond donors (Lipinski definition) is 1. The van der Waals surface area contributed by atoms with Gasteiger partial charge in [-0.25, -0.2) is 0 Å². The van der Waals surface area contributed by atoms with E-state index in [1.807, 2.05) is 44.2 Å². The van der Waals surface area contributed by atoms with Crippen LogP contribution in [0.25, 0.3) is 0 Å². The van der Waals surface area contributed by atoms with Crippen molar-refractivity contribution in [3.8, 4) is 0 Å². The smallest absolute Gasteiger partial charge is 0.0174 e. The summed E-state index contributed by atoms with van der Waals surface area (Å²) in [4.78, 5) is 0. The summed E-state index contributed by atoms with van der Waals surface area (Å²) in [6.07, 6.45) is 9.99. The molecule has 0 aromatic rings. The van der Waals surface area contributed by atoms with Gasteiger partial charge in [0, 0.05) is 6.54 Å². The Morgan fingerprint density at radius 1 is 1.30 bits per heavy atom. The molecule has 1 nitrogen and oxygen atoms in total. The maximum atomic E-state index is 5.42. The lowest BCUT2D eigenvalue weighted by atomic mass is 10.2. The second kappa shape index (κ2) is 6.30. The summed E-state index contributed by atoms with van der Waals surface area (Å²) in [6, 6.07) is 0. The summed E-state index contributed by atoms with van der Waals surface area (Å²) in [6.45, 7) is 4.59. The van der Waals surface area contributed by atoms with E-state index in [-0.39, 0.29) is 0 Å². The molecule has 0 rings (SSSR count). The van der Waals surface area contributed by atoms with E-state index in [1.165, 1.54) is 0 Å². The topological polar surface area (TPSA) is 26.0 Å². The fourth-order valence-electron chi connectivity index (χ4n) is 0.572. The Kier molecular flexibility index (Phi) is 5.79. The van der Waals surface area contributed by atoms with Crippen molar-refractivity contribution in [1.29, 1.82) is 0 Å². The van der Waals surface area contributed by atoms with Crippen molar-refractivity contribution in [2.75, 3.05) is 6.54 Å². The van der Waals surface area contributed by atoms with Gasteiger partial charge in [0.2, 0.25) is 0 Å². The Morgan fingerprint density at radius 2 is 2.00 bits per heavy atom. The van der Waals surface area contributed by atoms with E-state index in [0.29, 0.717) is 6.54 Å². The molecule has 0 unspecified atom stereocenters. The minimum atomic E-state index is 0.616. The third-order valence-corrected chi connectivity index (χ3v) is 1.22. The molecule has 0 bridgehead atoms. The number of rotatable bonds is 3. The van der Waals surface area contributed by atoms with E-state index in [9.17, 15) is 0 Å². The minimum absolute atomic E-state index is 0.616. The Bertz CT molecular complexity index is 152. The lowest BCUT2D eigenvalue weighted by molar-refractivity contribution is 1.18. The molecule has 1 heteroatoms. The van der Waals surface area contributed by atoms with Crippen LogP contribution in [-0.2, 0) is 0 Å². The molecule has 0 aromatic carbocycles.